The standard InChI is InChI=1S/C23H24F6O3/c1-3-30-17-10-8-15(19(24)21(17)26)16-9-11-18(22(27)20(16)25)32-23(28,29)12-31-14-6-4-13(2)5-7-14/h8-11,13-14H,3-7,12H2,1-2H3. The monoisotopic (exact) mass is 462 g/mol. The average molecular weight is 462 g/mol. The van der Waals surface area contributed by atoms with Crippen LogP contribution in [0.15, 0.2) is 24.3 Å². The number of hydrogen-bond acceptors (Lipinski definition) is 3. The highest BCUT2D eigenvalue weighted by Gasteiger charge is 2.36. The van der Waals surface area contributed by atoms with Crippen molar-refractivity contribution in [1.29, 1.82) is 0 Å². The number of ether oxygens (including phenoxy) is 3. The second-order valence-electron chi connectivity index (χ2n) is 7.84. The molecule has 1 fully saturated rings. The number of hydrogen-bond donors (Lipinski definition) is 0. The summed E-state index contributed by atoms with van der Waals surface area (Å²) in [4.78, 5) is 0. The quantitative estimate of drug-likeness (QED) is 0.401. The van der Waals surface area contributed by atoms with Crippen LogP contribution in [-0.2, 0) is 4.74 Å². The second kappa shape index (κ2) is 10.0. The van der Waals surface area contributed by atoms with Crippen LogP contribution in [0.4, 0.5) is 26.3 Å². The molecule has 0 N–H and O–H groups in total. The van der Waals surface area contributed by atoms with Crippen LogP contribution in [0.2, 0.25) is 0 Å². The highest BCUT2D eigenvalue weighted by atomic mass is 19.3. The van der Waals surface area contributed by atoms with Gasteiger partial charge in [0, 0.05) is 11.1 Å². The van der Waals surface area contributed by atoms with Crippen LogP contribution in [0.5, 0.6) is 11.5 Å². The molecule has 3 rings (SSSR count). The minimum atomic E-state index is -3.91. The highest BCUT2D eigenvalue weighted by molar-refractivity contribution is 5.67. The summed E-state index contributed by atoms with van der Waals surface area (Å²) in [6, 6.07) is 3.65. The molecule has 0 unspecified atom stereocenters. The van der Waals surface area contributed by atoms with Crippen molar-refractivity contribution in [3.05, 3.63) is 47.5 Å². The van der Waals surface area contributed by atoms with Gasteiger partial charge in [0.2, 0.25) is 11.6 Å². The highest BCUT2D eigenvalue weighted by Crippen LogP contribution is 2.36. The SMILES string of the molecule is CCOc1ccc(-c2ccc(OC(F)(F)COC3CCC(C)CC3)c(F)c2F)c(F)c1F. The Kier molecular flexibility index (Phi) is 7.59. The fourth-order valence-corrected chi connectivity index (χ4v) is 3.63. The zero-order valence-electron chi connectivity index (χ0n) is 17.7. The lowest BCUT2D eigenvalue weighted by atomic mass is 9.89. The van der Waals surface area contributed by atoms with E-state index in [2.05, 4.69) is 11.7 Å². The lowest BCUT2D eigenvalue weighted by Gasteiger charge is -2.28. The van der Waals surface area contributed by atoms with E-state index in [4.69, 9.17) is 9.47 Å². The van der Waals surface area contributed by atoms with Gasteiger partial charge in [-0.1, -0.05) is 6.92 Å². The summed E-state index contributed by atoms with van der Waals surface area (Å²) in [6.07, 6.45) is -1.25. The Morgan fingerprint density at radius 1 is 0.812 bits per heavy atom. The van der Waals surface area contributed by atoms with Gasteiger partial charge in [-0.25, -0.2) is 8.78 Å². The smallest absolute Gasteiger partial charge is 0.422 e. The third kappa shape index (κ3) is 5.49. The van der Waals surface area contributed by atoms with Crippen molar-refractivity contribution in [3.63, 3.8) is 0 Å². The van der Waals surface area contributed by atoms with E-state index in [9.17, 15) is 26.3 Å². The predicted octanol–water partition coefficient (Wildman–Crippen LogP) is 6.88. The molecular weight excluding hydrogens is 438 g/mol. The lowest BCUT2D eigenvalue weighted by molar-refractivity contribution is -0.223. The van der Waals surface area contributed by atoms with E-state index in [-0.39, 0.29) is 18.5 Å². The van der Waals surface area contributed by atoms with Gasteiger partial charge < -0.3 is 14.2 Å². The van der Waals surface area contributed by atoms with Gasteiger partial charge in [0.05, 0.1) is 12.7 Å². The maximum Gasteiger partial charge on any atom is 0.422 e. The molecule has 0 heterocycles. The molecule has 0 spiro atoms. The van der Waals surface area contributed by atoms with Crippen LogP contribution in [0.25, 0.3) is 11.1 Å². The number of halogens is 6. The van der Waals surface area contributed by atoms with Crippen molar-refractivity contribution >= 4 is 0 Å². The fraction of sp³-hybridized carbons (Fsp3) is 0.478. The van der Waals surface area contributed by atoms with E-state index in [1.807, 2.05) is 0 Å². The zero-order valence-corrected chi connectivity index (χ0v) is 17.7. The molecule has 176 valence electrons. The second-order valence-corrected chi connectivity index (χ2v) is 7.84. The minimum Gasteiger partial charge on any atom is -0.491 e. The summed E-state index contributed by atoms with van der Waals surface area (Å²) in [6.45, 7) is 2.59. The minimum absolute atomic E-state index is 0.0720. The maximum absolute atomic E-state index is 14.5. The summed E-state index contributed by atoms with van der Waals surface area (Å²) >= 11 is 0. The van der Waals surface area contributed by atoms with Crippen LogP contribution in [0.3, 0.4) is 0 Å². The number of rotatable bonds is 8. The first-order valence-corrected chi connectivity index (χ1v) is 10.4. The third-order valence-corrected chi connectivity index (χ3v) is 5.39. The van der Waals surface area contributed by atoms with E-state index in [0.29, 0.717) is 18.8 Å². The number of alkyl halides is 2. The predicted molar refractivity (Wildman–Crippen MR) is 106 cm³/mol. The lowest BCUT2D eigenvalue weighted by Crippen LogP contribution is -2.34. The van der Waals surface area contributed by atoms with Gasteiger partial charge in [0.1, 0.15) is 0 Å². The van der Waals surface area contributed by atoms with Crippen molar-refractivity contribution in [2.45, 2.75) is 51.7 Å². The molecule has 1 saturated carbocycles. The molecule has 0 amide bonds. The van der Waals surface area contributed by atoms with E-state index in [1.165, 1.54) is 0 Å². The fourth-order valence-electron chi connectivity index (χ4n) is 3.63. The van der Waals surface area contributed by atoms with Crippen LogP contribution >= 0.6 is 0 Å². The summed E-state index contributed by atoms with van der Waals surface area (Å²) in [5.74, 6) is -7.17. The Labute approximate surface area is 182 Å². The Balaban J connectivity index is 1.75. The van der Waals surface area contributed by atoms with Crippen LogP contribution < -0.4 is 9.47 Å². The largest absolute Gasteiger partial charge is 0.491 e. The molecule has 0 aliphatic heterocycles. The molecule has 1 aliphatic rings. The van der Waals surface area contributed by atoms with Crippen molar-refractivity contribution in [3.8, 4) is 22.6 Å². The van der Waals surface area contributed by atoms with Gasteiger partial charge in [-0.2, -0.15) is 17.6 Å². The van der Waals surface area contributed by atoms with Gasteiger partial charge in [-0.15, -0.1) is 0 Å². The van der Waals surface area contributed by atoms with Crippen LogP contribution in [0, 0.1) is 29.2 Å². The normalized spacial score (nSPS) is 19.1. The first-order valence-electron chi connectivity index (χ1n) is 10.4. The van der Waals surface area contributed by atoms with Gasteiger partial charge in [-0.3, -0.25) is 0 Å². The Morgan fingerprint density at radius 2 is 1.34 bits per heavy atom. The van der Waals surface area contributed by atoms with Crippen molar-refractivity contribution < 1.29 is 40.6 Å². The molecule has 0 radical (unpaired) electrons. The maximum atomic E-state index is 14.5. The van der Waals surface area contributed by atoms with Crippen molar-refractivity contribution in [1.82, 2.24) is 0 Å². The molecule has 9 heteroatoms. The molecule has 0 bridgehead atoms. The Morgan fingerprint density at radius 3 is 1.91 bits per heavy atom. The summed E-state index contributed by atoms with van der Waals surface area (Å²) < 4.78 is 100. The van der Waals surface area contributed by atoms with Gasteiger partial charge in [-0.05, 0) is 62.8 Å². The molecule has 1 aliphatic carbocycles. The van der Waals surface area contributed by atoms with Crippen molar-refractivity contribution in [2.24, 2.45) is 5.92 Å². The molecular formula is C23H24F6O3. The molecule has 0 atom stereocenters. The van der Waals surface area contributed by atoms with E-state index < -0.39 is 52.9 Å². The molecule has 32 heavy (non-hydrogen) atoms. The van der Waals surface area contributed by atoms with Gasteiger partial charge in [0.15, 0.2) is 29.7 Å². The van der Waals surface area contributed by atoms with E-state index in [0.717, 1.165) is 37.1 Å². The summed E-state index contributed by atoms with van der Waals surface area (Å²) in [7, 11) is 0. The molecule has 0 saturated heterocycles. The van der Waals surface area contributed by atoms with Gasteiger partial charge >= 0.3 is 6.11 Å². The Bertz CT molecular complexity index is 942. The van der Waals surface area contributed by atoms with Crippen LogP contribution in [0.1, 0.15) is 39.5 Å². The average Bonchev–Trinajstić information content (AvgIpc) is 2.75. The molecule has 2 aromatic rings. The molecule has 2 aromatic carbocycles. The van der Waals surface area contributed by atoms with Crippen molar-refractivity contribution in [2.75, 3.05) is 13.2 Å². The topological polar surface area (TPSA) is 27.7 Å². The molecule has 0 aromatic heterocycles. The van der Waals surface area contributed by atoms with Crippen LogP contribution in [-0.4, -0.2) is 25.4 Å². The zero-order chi connectivity index (χ0) is 23.5. The first-order chi connectivity index (χ1) is 15.1. The van der Waals surface area contributed by atoms with E-state index >= 15 is 0 Å². The number of benzene rings is 2. The summed E-state index contributed by atoms with van der Waals surface area (Å²) in [5.41, 5.74) is -1.24. The molecule has 3 nitrogen and oxygen atoms in total. The third-order valence-electron chi connectivity index (χ3n) is 5.39. The Hall–Kier alpha value is -2.42. The summed E-state index contributed by atoms with van der Waals surface area (Å²) in [5, 5.41) is 0. The first kappa shape index (κ1) is 24.2. The van der Waals surface area contributed by atoms with Gasteiger partial charge in [0.25, 0.3) is 0 Å². The van der Waals surface area contributed by atoms with E-state index in [1.54, 1.807) is 6.92 Å².